The number of thiophene rings is 2. The minimum Gasteiger partial charge on any atom is -0.378 e. The zero-order valence-corrected chi connectivity index (χ0v) is 58.5. The van der Waals surface area contributed by atoms with E-state index in [1.165, 1.54) is 123 Å². The van der Waals surface area contributed by atoms with Crippen molar-refractivity contribution in [2.75, 3.05) is 91.2 Å². The Balaban J connectivity index is 0.000000167. The van der Waals surface area contributed by atoms with Crippen LogP contribution < -0.4 is 5.32 Å². The predicted octanol–water partition coefficient (Wildman–Crippen LogP) is 12.7. The zero-order chi connectivity index (χ0) is 62.3. The van der Waals surface area contributed by atoms with Gasteiger partial charge in [0.25, 0.3) is 0 Å². The third-order valence-electron chi connectivity index (χ3n) is 21.2. The molecule has 3 N–H and O–H groups in total. The molecule has 14 nitrogen and oxygen atoms in total. The number of carbonyl (C=O) groups is 4. The first-order valence-corrected chi connectivity index (χ1v) is 35.9. The summed E-state index contributed by atoms with van der Waals surface area (Å²) in [5.41, 5.74) is 11.5. The van der Waals surface area contributed by atoms with Crippen molar-refractivity contribution in [1.29, 1.82) is 0 Å². The Kier molecular flexibility index (Phi) is 22.4. The lowest BCUT2D eigenvalue weighted by molar-refractivity contribution is -0.141. The number of halogens is 2. The number of aryl methyl sites for hydroxylation is 5. The van der Waals surface area contributed by atoms with Crippen LogP contribution in [-0.2, 0) is 52.3 Å². The summed E-state index contributed by atoms with van der Waals surface area (Å²) in [6.07, 6.45) is 15.0. The summed E-state index contributed by atoms with van der Waals surface area (Å²) < 4.78 is 10.7. The number of nitrogens with one attached hydrogen (secondary N) is 3. The smallest absolute Gasteiger partial charge is 0.233 e. The molecular formula is C72H98BCl2N8O6S2. The monoisotopic (exact) mass is 1320 g/mol. The zero-order valence-electron chi connectivity index (χ0n) is 55.2. The molecule has 8 aliphatic rings. The number of carbonyl (C=O) groups excluding carboxylic acids is 4. The van der Waals surface area contributed by atoms with Crippen molar-refractivity contribution in [2.45, 2.75) is 180 Å². The fourth-order valence-electron chi connectivity index (χ4n) is 16.2. The van der Waals surface area contributed by atoms with Gasteiger partial charge in [-0.05, 0) is 230 Å². The van der Waals surface area contributed by atoms with Crippen LogP contribution in [0, 0.1) is 39.5 Å². The van der Waals surface area contributed by atoms with Crippen molar-refractivity contribution >= 4 is 99.2 Å². The van der Waals surface area contributed by atoms with Crippen LogP contribution in [0.25, 0.3) is 42.9 Å². The van der Waals surface area contributed by atoms with Gasteiger partial charge in [0, 0.05) is 104 Å². The molecule has 0 saturated carbocycles. The third kappa shape index (κ3) is 14.6. The van der Waals surface area contributed by atoms with E-state index in [-0.39, 0.29) is 32.7 Å². The Hall–Kier alpha value is -4.72. The molecule has 0 unspecified atom stereocenters. The fraction of sp³-hybridized carbons (Fsp3) is 0.611. The van der Waals surface area contributed by atoms with Gasteiger partial charge in [0.05, 0.1) is 48.6 Å². The topological polar surface area (TPSA) is 147 Å². The van der Waals surface area contributed by atoms with Crippen LogP contribution in [0.1, 0.15) is 148 Å². The number of amides is 4. The van der Waals surface area contributed by atoms with Crippen LogP contribution in [0.3, 0.4) is 0 Å². The highest BCUT2D eigenvalue weighted by atomic mass is 35.5. The van der Waals surface area contributed by atoms with E-state index in [0.717, 1.165) is 112 Å². The van der Waals surface area contributed by atoms with E-state index in [2.05, 4.69) is 134 Å². The minimum absolute atomic E-state index is 0. The molecule has 2 aromatic carbocycles. The number of hydrogen-bond acceptors (Lipinski definition) is 10. The first-order valence-electron chi connectivity index (χ1n) is 33.7. The first kappa shape index (κ1) is 69.1. The van der Waals surface area contributed by atoms with E-state index in [4.69, 9.17) is 21.1 Å². The van der Waals surface area contributed by atoms with Gasteiger partial charge in [-0.3, -0.25) is 19.2 Å². The lowest BCUT2D eigenvalue weighted by Gasteiger charge is -2.35. The van der Waals surface area contributed by atoms with Crippen LogP contribution in [0.2, 0.25) is 0 Å². The average Bonchev–Trinajstić information content (AvgIpc) is 1.63. The largest absolute Gasteiger partial charge is 0.378 e. The molecule has 19 heteroatoms. The molecule has 4 aromatic heterocycles. The first-order chi connectivity index (χ1) is 42.9. The van der Waals surface area contributed by atoms with Crippen LogP contribution >= 0.6 is 46.7 Å². The summed E-state index contributed by atoms with van der Waals surface area (Å²) in [7, 11) is 0. The van der Waals surface area contributed by atoms with Crippen molar-refractivity contribution < 1.29 is 28.7 Å². The number of aromatic nitrogens is 2. The van der Waals surface area contributed by atoms with Crippen LogP contribution in [0.4, 0.5) is 0 Å². The highest BCUT2D eigenvalue weighted by Gasteiger charge is 2.49. The fourth-order valence-corrected chi connectivity index (χ4v) is 18.8. The molecule has 491 valence electrons. The number of aromatic amines is 2. The Bertz CT molecular complexity index is 3430. The summed E-state index contributed by atoms with van der Waals surface area (Å²) in [6, 6.07) is 19.8. The van der Waals surface area contributed by atoms with E-state index in [0.29, 0.717) is 80.1 Å². The molecule has 4 amide bonds. The van der Waals surface area contributed by atoms with Gasteiger partial charge in [0.2, 0.25) is 23.6 Å². The van der Waals surface area contributed by atoms with Gasteiger partial charge in [-0.25, -0.2) is 0 Å². The van der Waals surface area contributed by atoms with Gasteiger partial charge in [0.15, 0.2) is 0 Å². The SMILES string of the molecule is Cc1cc(C)cc(-c2[nH]c3sc(C(C)(C)C(=O)N4C5CCC4CC5)cc3c2CCCl)c1.Cc1cc(C)cc(-c2[nH]c3sc(C(C)(C)C(=O)N4C5CCC4CC5)cc3c2CCN2CCC(C(=O)N3CCOCC3)CC2)c1.Cl.O=C(C1CCNCC1)N1CCOCC1.[B]. The lowest BCUT2D eigenvalue weighted by Crippen LogP contribution is -2.47. The van der Waals surface area contributed by atoms with Gasteiger partial charge in [-0.1, -0.05) is 34.4 Å². The second-order valence-electron chi connectivity index (χ2n) is 28.2. The molecule has 91 heavy (non-hydrogen) atoms. The summed E-state index contributed by atoms with van der Waals surface area (Å²) in [6.45, 7) is 27.7. The average molecular weight is 1320 g/mol. The number of benzene rings is 2. The minimum atomic E-state index is -0.540. The number of hydrogen-bond donors (Lipinski definition) is 3. The van der Waals surface area contributed by atoms with Crippen LogP contribution in [0.15, 0.2) is 48.5 Å². The molecule has 4 bridgehead atoms. The van der Waals surface area contributed by atoms with Crippen LogP contribution in [0.5, 0.6) is 0 Å². The number of rotatable bonds is 13. The number of H-pyrrole nitrogens is 2. The Labute approximate surface area is 561 Å². The Morgan fingerprint density at radius 1 is 0.516 bits per heavy atom. The van der Waals surface area contributed by atoms with Gasteiger partial charge >= 0.3 is 0 Å². The summed E-state index contributed by atoms with van der Waals surface area (Å²) in [4.78, 5) is 75.7. The maximum Gasteiger partial charge on any atom is 0.233 e. The van der Waals surface area contributed by atoms with E-state index in [9.17, 15) is 19.2 Å². The molecule has 0 atom stereocenters. The van der Waals surface area contributed by atoms with Crippen molar-refractivity contribution in [1.82, 2.24) is 39.8 Å². The molecule has 6 aromatic rings. The normalized spacial score (nSPS) is 22.2. The molecule has 14 rings (SSSR count). The van der Waals surface area contributed by atoms with E-state index in [1.807, 2.05) is 9.80 Å². The Morgan fingerprint density at radius 3 is 1.25 bits per heavy atom. The van der Waals surface area contributed by atoms with Crippen molar-refractivity contribution in [3.63, 3.8) is 0 Å². The molecule has 8 fully saturated rings. The Morgan fingerprint density at radius 2 is 0.879 bits per heavy atom. The number of likely N-dealkylation sites (tertiary alicyclic amines) is 1. The number of fused-ring (bicyclic) bond motifs is 6. The second-order valence-corrected chi connectivity index (χ2v) is 30.7. The lowest BCUT2D eigenvalue weighted by atomic mass is 9.88. The number of alkyl halides is 1. The molecule has 3 radical (unpaired) electrons. The van der Waals surface area contributed by atoms with Gasteiger partial charge in [-0.2, -0.15) is 0 Å². The summed E-state index contributed by atoms with van der Waals surface area (Å²) in [5.74, 6) is 2.24. The van der Waals surface area contributed by atoms with E-state index >= 15 is 0 Å². The van der Waals surface area contributed by atoms with Crippen molar-refractivity contribution in [2.24, 2.45) is 11.8 Å². The molecule has 8 aliphatic heterocycles. The molecule has 0 aliphatic carbocycles. The second kappa shape index (κ2) is 29.5. The summed E-state index contributed by atoms with van der Waals surface area (Å²) >= 11 is 9.71. The molecular weight excluding hydrogens is 1220 g/mol. The van der Waals surface area contributed by atoms with Crippen molar-refractivity contribution in [3.05, 3.63) is 91.7 Å². The quantitative estimate of drug-likeness (QED) is 0.0765. The third-order valence-corrected chi connectivity index (χ3v) is 24.1. The maximum atomic E-state index is 14.0. The van der Waals surface area contributed by atoms with Gasteiger partial charge in [0.1, 0.15) is 9.66 Å². The van der Waals surface area contributed by atoms with E-state index in [1.54, 1.807) is 22.7 Å². The molecule has 12 heterocycles. The van der Waals surface area contributed by atoms with Gasteiger partial charge in [-0.15, -0.1) is 46.7 Å². The van der Waals surface area contributed by atoms with Crippen LogP contribution in [-0.4, -0.2) is 182 Å². The van der Waals surface area contributed by atoms with Crippen molar-refractivity contribution in [3.8, 4) is 22.5 Å². The summed E-state index contributed by atoms with van der Waals surface area (Å²) in [5, 5.41) is 5.76. The maximum absolute atomic E-state index is 14.0. The number of nitrogens with zero attached hydrogens (tertiary/aromatic N) is 5. The number of morpholine rings is 2. The standard InChI is InChI=1S/C36H48N4O3S.C26H31ClN2OS.C10H18N2O2.B.ClH/c1-23-19-24(2)21-26(20-23)32-29(11-14-38-12-9-25(10-13-38)34(41)39-15-17-43-18-16-39)30-22-31(44-33(30)37-32)36(3,4)35(42)40-27-5-6-28(40)8-7-27;1-15-11-16(2)13-17(12-15)23-20(9-10-27)21-14-22(31-24(21)28-23)26(3,4)25(30)29-18-5-6-19(29)8-7-18;13-10(9-1-3-11-4-2-9)12-5-7-14-8-6-12;;/h19-22,25,27-28,37H,5-18H2,1-4H3;11-14,18-19,28H,5-10H2,1-4H3;9,11H,1-8H2;;1H. The number of piperidine rings is 2. The highest BCUT2D eigenvalue weighted by Crippen LogP contribution is 2.47. The molecule has 0 spiro atoms. The predicted molar refractivity (Wildman–Crippen MR) is 375 cm³/mol. The molecule has 8 saturated heterocycles. The number of ether oxygens (including phenoxy) is 2. The van der Waals surface area contributed by atoms with E-state index < -0.39 is 10.8 Å². The van der Waals surface area contributed by atoms with Gasteiger partial charge < -0.3 is 49.3 Å². The highest BCUT2D eigenvalue weighted by molar-refractivity contribution is 7.19.